The number of hydrogen-bond acceptors (Lipinski definition) is 2. The first-order chi connectivity index (χ1) is 8.65. The molecular formula is C14H19BrFNO. The molecule has 0 bridgehead atoms. The van der Waals surface area contributed by atoms with Gasteiger partial charge in [-0.15, -0.1) is 0 Å². The molecule has 2 unspecified atom stereocenters. The van der Waals surface area contributed by atoms with E-state index >= 15 is 0 Å². The van der Waals surface area contributed by atoms with Crippen molar-refractivity contribution in [3.63, 3.8) is 0 Å². The van der Waals surface area contributed by atoms with E-state index in [0.717, 1.165) is 18.5 Å². The first-order valence-electron chi connectivity index (χ1n) is 6.38. The molecule has 1 heterocycles. The van der Waals surface area contributed by atoms with Crippen LogP contribution in [0.2, 0.25) is 0 Å². The maximum absolute atomic E-state index is 14.2. The van der Waals surface area contributed by atoms with Crippen LogP contribution in [0.15, 0.2) is 18.2 Å². The summed E-state index contributed by atoms with van der Waals surface area (Å²) < 4.78 is 19.8. The fourth-order valence-corrected chi connectivity index (χ4v) is 2.69. The third-order valence-corrected chi connectivity index (χ3v) is 4.06. The topological polar surface area (TPSA) is 12.5 Å². The minimum absolute atomic E-state index is 0.139. The molecule has 1 aliphatic rings. The predicted octanol–water partition coefficient (Wildman–Crippen LogP) is 3.72. The van der Waals surface area contributed by atoms with Gasteiger partial charge >= 0.3 is 0 Å². The molecule has 1 aliphatic heterocycles. The van der Waals surface area contributed by atoms with Crippen molar-refractivity contribution in [3.05, 3.63) is 29.6 Å². The van der Waals surface area contributed by atoms with Gasteiger partial charge in [0.1, 0.15) is 5.82 Å². The van der Waals surface area contributed by atoms with Gasteiger partial charge < -0.3 is 9.64 Å². The summed E-state index contributed by atoms with van der Waals surface area (Å²) in [5.74, 6) is -0.139. The van der Waals surface area contributed by atoms with E-state index in [1.165, 1.54) is 0 Å². The maximum Gasteiger partial charge on any atom is 0.146 e. The Morgan fingerprint density at radius 2 is 2.28 bits per heavy atom. The molecular weight excluding hydrogens is 297 g/mol. The average molecular weight is 316 g/mol. The largest absolute Gasteiger partial charge is 0.375 e. The quantitative estimate of drug-likeness (QED) is 0.788. The summed E-state index contributed by atoms with van der Waals surface area (Å²) in [7, 11) is 0. The van der Waals surface area contributed by atoms with E-state index in [4.69, 9.17) is 4.74 Å². The lowest BCUT2D eigenvalue weighted by atomic mass is 10.1. The number of halogens is 2. The molecule has 4 heteroatoms. The summed E-state index contributed by atoms with van der Waals surface area (Å²) in [6.45, 7) is 5.58. The van der Waals surface area contributed by atoms with Crippen molar-refractivity contribution in [1.29, 1.82) is 0 Å². The van der Waals surface area contributed by atoms with Crippen molar-refractivity contribution in [2.45, 2.75) is 37.7 Å². The SMILES string of the molecule is CCC1COC(C)CN1c1ccc(CBr)cc1F. The van der Waals surface area contributed by atoms with Gasteiger partial charge in [0.15, 0.2) is 0 Å². The second-order valence-corrected chi connectivity index (χ2v) is 5.34. The van der Waals surface area contributed by atoms with Crippen LogP contribution in [0.1, 0.15) is 25.8 Å². The molecule has 0 N–H and O–H groups in total. The van der Waals surface area contributed by atoms with Gasteiger partial charge in [0.25, 0.3) is 0 Å². The van der Waals surface area contributed by atoms with E-state index in [1.54, 1.807) is 6.07 Å². The fourth-order valence-electron chi connectivity index (χ4n) is 2.34. The van der Waals surface area contributed by atoms with Gasteiger partial charge in [0, 0.05) is 11.9 Å². The van der Waals surface area contributed by atoms with Crippen LogP contribution in [0.25, 0.3) is 0 Å². The van der Waals surface area contributed by atoms with Crippen LogP contribution in [0.4, 0.5) is 10.1 Å². The molecule has 0 amide bonds. The Hall–Kier alpha value is -0.610. The monoisotopic (exact) mass is 315 g/mol. The van der Waals surface area contributed by atoms with Crippen LogP contribution in [0, 0.1) is 5.82 Å². The standard InChI is InChI=1S/C14H19BrFNO/c1-3-12-9-18-10(2)8-17(12)14-5-4-11(7-15)6-13(14)16/h4-6,10,12H,3,7-9H2,1-2H3. The Balaban J connectivity index is 2.27. The van der Waals surface area contributed by atoms with Crippen molar-refractivity contribution in [1.82, 2.24) is 0 Å². The molecule has 1 aromatic carbocycles. The van der Waals surface area contributed by atoms with E-state index in [1.807, 2.05) is 19.1 Å². The lowest BCUT2D eigenvalue weighted by Gasteiger charge is -2.40. The first kappa shape index (κ1) is 13.8. The summed E-state index contributed by atoms with van der Waals surface area (Å²) in [5.41, 5.74) is 1.66. The zero-order valence-corrected chi connectivity index (χ0v) is 12.4. The van der Waals surface area contributed by atoms with Crippen molar-refractivity contribution in [3.8, 4) is 0 Å². The van der Waals surface area contributed by atoms with Crippen LogP contribution >= 0.6 is 15.9 Å². The van der Waals surface area contributed by atoms with Gasteiger partial charge in [-0.2, -0.15) is 0 Å². The molecule has 0 spiro atoms. The van der Waals surface area contributed by atoms with Crippen molar-refractivity contribution < 1.29 is 9.13 Å². The molecule has 0 saturated carbocycles. The molecule has 0 radical (unpaired) electrons. The van der Waals surface area contributed by atoms with Gasteiger partial charge in [-0.1, -0.05) is 28.9 Å². The molecule has 1 aromatic rings. The number of benzene rings is 1. The highest BCUT2D eigenvalue weighted by Gasteiger charge is 2.27. The minimum atomic E-state index is -0.139. The summed E-state index contributed by atoms with van der Waals surface area (Å²) in [4.78, 5) is 2.14. The van der Waals surface area contributed by atoms with Gasteiger partial charge in [-0.3, -0.25) is 0 Å². The molecule has 2 rings (SSSR count). The third kappa shape index (κ3) is 2.86. The van der Waals surface area contributed by atoms with Crippen LogP contribution in [-0.4, -0.2) is 25.3 Å². The Labute approximate surface area is 116 Å². The summed E-state index contributed by atoms with van der Waals surface area (Å²) in [5, 5.41) is 0.681. The fraction of sp³-hybridized carbons (Fsp3) is 0.571. The maximum atomic E-state index is 14.2. The van der Waals surface area contributed by atoms with Crippen LogP contribution < -0.4 is 4.90 Å². The summed E-state index contributed by atoms with van der Waals surface area (Å²) in [6, 6.07) is 5.73. The van der Waals surface area contributed by atoms with Crippen LogP contribution in [0.3, 0.4) is 0 Å². The molecule has 0 aromatic heterocycles. The van der Waals surface area contributed by atoms with E-state index in [-0.39, 0.29) is 18.0 Å². The van der Waals surface area contributed by atoms with E-state index < -0.39 is 0 Å². The van der Waals surface area contributed by atoms with Gasteiger partial charge in [0.05, 0.1) is 24.4 Å². The summed E-state index contributed by atoms with van der Waals surface area (Å²) >= 11 is 3.35. The number of nitrogens with zero attached hydrogens (tertiary/aromatic N) is 1. The van der Waals surface area contributed by atoms with Crippen molar-refractivity contribution in [2.75, 3.05) is 18.1 Å². The Morgan fingerprint density at radius 1 is 1.50 bits per heavy atom. The number of hydrogen-bond donors (Lipinski definition) is 0. The zero-order chi connectivity index (χ0) is 13.1. The minimum Gasteiger partial charge on any atom is -0.375 e. The highest BCUT2D eigenvalue weighted by atomic mass is 79.9. The zero-order valence-electron chi connectivity index (χ0n) is 10.8. The molecule has 1 fully saturated rings. The predicted molar refractivity (Wildman–Crippen MR) is 75.9 cm³/mol. The average Bonchev–Trinajstić information content (AvgIpc) is 2.38. The van der Waals surface area contributed by atoms with E-state index in [2.05, 4.69) is 27.8 Å². The Morgan fingerprint density at radius 3 is 2.89 bits per heavy atom. The molecule has 1 saturated heterocycles. The number of anilines is 1. The number of rotatable bonds is 3. The second kappa shape index (κ2) is 6.02. The summed E-state index contributed by atoms with van der Waals surface area (Å²) in [6.07, 6.45) is 1.12. The normalized spacial score (nSPS) is 24.3. The van der Waals surface area contributed by atoms with E-state index in [9.17, 15) is 4.39 Å². The highest BCUT2D eigenvalue weighted by Crippen LogP contribution is 2.27. The molecule has 2 atom stereocenters. The first-order valence-corrected chi connectivity index (χ1v) is 7.50. The van der Waals surface area contributed by atoms with E-state index in [0.29, 0.717) is 17.6 Å². The molecule has 18 heavy (non-hydrogen) atoms. The van der Waals surface area contributed by atoms with Crippen LogP contribution in [0.5, 0.6) is 0 Å². The number of morpholine rings is 1. The second-order valence-electron chi connectivity index (χ2n) is 4.78. The molecule has 2 nitrogen and oxygen atoms in total. The lowest BCUT2D eigenvalue weighted by molar-refractivity contribution is 0.0297. The van der Waals surface area contributed by atoms with Gasteiger partial charge in [-0.25, -0.2) is 4.39 Å². The lowest BCUT2D eigenvalue weighted by Crippen LogP contribution is -2.49. The Bertz CT molecular complexity index is 413. The van der Waals surface area contributed by atoms with Crippen LogP contribution in [-0.2, 0) is 10.1 Å². The van der Waals surface area contributed by atoms with Crippen molar-refractivity contribution in [2.24, 2.45) is 0 Å². The number of alkyl halides is 1. The smallest absolute Gasteiger partial charge is 0.146 e. The van der Waals surface area contributed by atoms with Gasteiger partial charge in [0.2, 0.25) is 0 Å². The molecule has 0 aliphatic carbocycles. The third-order valence-electron chi connectivity index (χ3n) is 3.41. The van der Waals surface area contributed by atoms with Gasteiger partial charge in [-0.05, 0) is 31.0 Å². The van der Waals surface area contributed by atoms with Crippen molar-refractivity contribution >= 4 is 21.6 Å². The highest BCUT2D eigenvalue weighted by molar-refractivity contribution is 9.08. The number of ether oxygens (including phenoxy) is 1. The molecule has 100 valence electrons. The Kier molecular flexibility index (Phi) is 4.62.